The first-order valence-corrected chi connectivity index (χ1v) is 8.60. The summed E-state index contributed by atoms with van der Waals surface area (Å²) in [5, 5.41) is 2.77. The van der Waals surface area contributed by atoms with E-state index in [1.54, 1.807) is 4.90 Å². The van der Waals surface area contributed by atoms with Crippen molar-refractivity contribution < 1.29 is 19.1 Å². The van der Waals surface area contributed by atoms with Crippen LogP contribution >= 0.6 is 0 Å². The summed E-state index contributed by atoms with van der Waals surface area (Å²) in [6, 6.07) is 0. The number of hydrogen-bond donors (Lipinski definition) is 1. The number of amides is 2. The Morgan fingerprint density at radius 3 is 2.26 bits per heavy atom. The van der Waals surface area contributed by atoms with Gasteiger partial charge in [0.1, 0.15) is 5.60 Å². The van der Waals surface area contributed by atoms with Crippen LogP contribution in [0.4, 0.5) is 4.79 Å². The molecule has 1 rings (SSSR count). The Morgan fingerprint density at radius 1 is 1.17 bits per heavy atom. The van der Waals surface area contributed by atoms with E-state index >= 15 is 0 Å². The molecule has 0 bridgehead atoms. The molecule has 23 heavy (non-hydrogen) atoms. The molecule has 1 fully saturated rings. The first-order chi connectivity index (χ1) is 10.7. The van der Waals surface area contributed by atoms with Gasteiger partial charge in [0.2, 0.25) is 5.91 Å². The van der Waals surface area contributed by atoms with Gasteiger partial charge < -0.3 is 19.7 Å². The molecule has 1 N–H and O–H groups in total. The second kappa shape index (κ2) is 8.52. The van der Waals surface area contributed by atoms with Crippen LogP contribution < -0.4 is 5.32 Å². The lowest BCUT2D eigenvalue weighted by Crippen LogP contribution is -2.49. The first-order valence-electron chi connectivity index (χ1n) is 8.60. The van der Waals surface area contributed by atoms with Gasteiger partial charge in [-0.05, 0) is 47.0 Å². The SMILES string of the molecule is CCNC(=O)CCOC1(CC)CCN(C(=O)OC(C)(C)C)CC1. The van der Waals surface area contributed by atoms with Crippen molar-refractivity contribution in [2.75, 3.05) is 26.2 Å². The Bertz CT molecular complexity index is 396. The Morgan fingerprint density at radius 2 is 1.78 bits per heavy atom. The lowest BCUT2D eigenvalue weighted by atomic mass is 9.88. The van der Waals surface area contributed by atoms with Gasteiger partial charge in [-0.2, -0.15) is 0 Å². The Balaban J connectivity index is 2.43. The van der Waals surface area contributed by atoms with Gasteiger partial charge in [0.15, 0.2) is 0 Å². The zero-order valence-electron chi connectivity index (χ0n) is 15.2. The topological polar surface area (TPSA) is 67.9 Å². The van der Waals surface area contributed by atoms with Crippen molar-refractivity contribution in [1.29, 1.82) is 0 Å². The van der Waals surface area contributed by atoms with Crippen LogP contribution in [0.15, 0.2) is 0 Å². The van der Waals surface area contributed by atoms with E-state index < -0.39 is 5.60 Å². The van der Waals surface area contributed by atoms with Crippen LogP contribution in [0.2, 0.25) is 0 Å². The van der Waals surface area contributed by atoms with Crippen molar-refractivity contribution >= 4 is 12.0 Å². The van der Waals surface area contributed by atoms with Gasteiger partial charge in [-0.1, -0.05) is 6.92 Å². The highest BCUT2D eigenvalue weighted by Gasteiger charge is 2.36. The van der Waals surface area contributed by atoms with E-state index in [1.807, 2.05) is 27.7 Å². The Hall–Kier alpha value is -1.30. The Labute approximate surface area is 139 Å². The molecule has 2 amide bonds. The van der Waals surface area contributed by atoms with Crippen molar-refractivity contribution in [1.82, 2.24) is 10.2 Å². The molecule has 0 unspecified atom stereocenters. The minimum Gasteiger partial charge on any atom is -0.444 e. The highest BCUT2D eigenvalue weighted by Crippen LogP contribution is 2.30. The van der Waals surface area contributed by atoms with Gasteiger partial charge in [0, 0.05) is 26.1 Å². The fourth-order valence-electron chi connectivity index (χ4n) is 2.67. The van der Waals surface area contributed by atoms with Gasteiger partial charge in [0.25, 0.3) is 0 Å². The zero-order chi connectivity index (χ0) is 17.5. The van der Waals surface area contributed by atoms with E-state index in [0.29, 0.717) is 32.7 Å². The van der Waals surface area contributed by atoms with E-state index in [4.69, 9.17) is 9.47 Å². The minimum atomic E-state index is -0.473. The van der Waals surface area contributed by atoms with Crippen LogP contribution in [0.1, 0.15) is 60.3 Å². The molecule has 1 saturated heterocycles. The summed E-state index contributed by atoms with van der Waals surface area (Å²) in [6.07, 6.45) is 2.55. The monoisotopic (exact) mass is 328 g/mol. The molecule has 0 atom stereocenters. The van der Waals surface area contributed by atoms with Crippen molar-refractivity contribution in [3.8, 4) is 0 Å². The van der Waals surface area contributed by atoms with E-state index in [-0.39, 0.29) is 17.6 Å². The fourth-order valence-corrected chi connectivity index (χ4v) is 2.67. The normalized spacial score (nSPS) is 17.7. The molecular formula is C17H32N2O4. The third-order valence-corrected chi connectivity index (χ3v) is 4.08. The largest absolute Gasteiger partial charge is 0.444 e. The summed E-state index contributed by atoms with van der Waals surface area (Å²) in [6.45, 7) is 11.9. The highest BCUT2D eigenvalue weighted by molar-refractivity contribution is 5.75. The van der Waals surface area contributed by atoms with Gasteiger partial charge in [-0.15, -0.1) is 0 Å². The average molecular weight is 328 g/mol. The van der Waals surface area contributed by atoms with Crippen LogP contribution in [-0.2, 0) is 14.3 Å². The summed E-state index contributed by atoms with van der Waals surface area (Å²) in [7, 11) is 0. The van der Waals surface area contributed by atoms with Crippen molar-refractivity contribution in [3.05, 3.63) is 0 Å². The third-order valence-electron chi connectivity index (χ3n) is 4.08. The smallest absolute Gasteiger partial charge is 0.410 e. The minimum absolute atomic E-state index is 0.0185. The van der Waals surface area contributed by atoms with Crippen LogP contribution in [0.25, 0.3) is 0 Å². The molecule has 134 valence electrons. The van der Waals surface area contributed by atoms with Crippen molar-refractivity contribution in [3.63, 3.8) is 0 Å². The molecule has 0 aliphatic carbocycles. The van der Waals surface area contributed by atoms with E-state index in [1.165, 1.54) is 0 Å². The standard InChI is InChI=1S/C17H32N2O4/c1-6-17(22-13-8-14(20)18-7-2)9-11-19(12-10-17)15(21)23-16(3,4)5/h6-13H2,1-5H3,(H,18,20). The number of piperidine rings is 1. The molecular weight excluding hydrogens is 296 g/mol. The number of nitrogens with zero attached hydrogens (tertiary/aromatic N) is 1. The second-order valence-electron chi connectivity index (χ2n) is 7.06. The quantitative estimate of drug-likeness (QED) is 0.814. The summed E-state index contributed by atoms with van der Waals surface area (Å²) in [5.74, 6) is 0.0185. The molecule has 0 saturated carbocycles. The van der Waals surface area contributed by atoms with Crippen LogP contribution in [-0.4, -0.2) is 54.3 Å². The highest BCUT2D eigenvalue weighted by atomic mass is 16.6. The summed E-state index contributed by atoms with van der Waals surface area (Å²) in [5.41, 5.74) is -0.704. The van der Waals surface area contributed by atoms with Crippen molar-refractivity contribution in [2.24, 2.45) is 0 Å². The van der Waals surface area contributed by atoms with Crippen molar-refractivity contribution in [2.45, 2.75) is 71.5 Å². The van der Waals surface area contributed by atoms with Crippen LogP contribution in [0.5, 0.6) is 0 Å². The van der Waals surface area contributed by atoms with Crippen LogP contribution in [0, 0.1) is 0 Å². The predicted octanol–water partition coefficient (Wildman–Crippen LogP) is 2.71. The first kappa shape index (κ1) is 19.7. The number of ether oxygens (including phenoxy) is 2. The number of rotatable bonds is 6. The van der Waals surface area contributed by atoms with E-state index in [2.05, 4.69) is 12.2 Å². The second-order valence-corrected chi connectivity index (χ2v) is 7.06. The number of carbonyl (C=O) groups is 2. The summed E-state index contributed by atoms with van der Waals surface area (Å²) < 4.78 is 11.4. The predicted molar refractivity (Wildman–Crippen MR) is 89.3 cm³/mol. The Kier molecular flexibility index (Phi) is 7.32. The maximum atomic E-state index is 12.1. The molecule has 1 aliphatic rings. The lowest BCUT2D eigenvalue weighted by molar-refractivity contribution is -0.126. The molecule has 0 radical (unpaired) electrons. The zero-order valence-corrected chi connectivity index (χ0v) is 15.2. The number of nitrogens with one attached hydrogen (secondary N) is 1. The number of hydrogen-bond acceptors (Lipinski definition) is 4. The van der Waals surface area contributed by atoms with Gasteiger partial charge in [0.05, 0.1) is 12.2 Å². The van der Waals surface area contributed by atoms with E-state index in [0.717, 1.165) is 19.3 Å². The number of likely N-dealkylation sites (tertiary alicyclic amines) is 1. The van der Waals surface area contributed by atoms with Gasteiger partial charge >= 0.3 is 6.09 Å². The lowest BCUT2D eigenvalue weighted by Gasteiger charge is -2.41. The van der Waals surface area contributed by atoms with Gasteiger partial charge in [-0.25, -0.2) is 4.79 Å². The van der Waals surface area contributed by atoms with Crippen LogP contribution in [0.3, 0.4) is 0 Å². The fraction of sp³-hybridized carbons (Fsp3) is 0.882. The van der Waals surface area contributed by atoms with E-state index in [9.17, 15) is 9.59 Å². The number of carbonyl (C=O) groups excluding carboxylic acids is 2. The molecule has 0 aromatic carbocycles. The molecule has 6 nitrogen and oxygen atoms in total. The molecule has 0 aromatic rings. The molecule has 1 heterocycles. The van der Waals surface area contributed by atoms with Gasteiger partial charge in [-0.3, -0.25) is 4.79 Å². The summed E-state index contributed by atoms with van der Waals surface area (Å²) in [4.78, 5) is 25.3. The maximum absolute atomic E-state index is 12.1. The molecule has 6 heteroatoms. The summed E-state index contributed by atoms with van der Waals surface area (Å²) >= 11 is 0. The average Bonchev–Trinajstić information content (AvgIpc) is 2.46. The maximum Gasteiger partial charge on any atom is 0.410 e. The molecule has 0 aromatic heterocycles. The molecule has 1 aliphatic heterocycles. The third kappa shape index (κ3) is 6.77. The molecule has 0 spiro atoms.